The Morgan fingerprint density at radius 3 is 2.96 bits per heavy atom. The number of nitrogens with zero attached hydrogens (tertiary/aromatic N) is 3. The van der Waals surface area contributed by atoms with Crippen LogP contribution in [0.25, 0.3) is 11.2 Å². The van der Waals surface area contributed by atoms with Crippen LogP contribution in [0.15, 0.2) is 35.9 Å². The van der Waals surface area contributed by atoms with Gasteiger partial charge in [0.25, 0.3) is 0 Å². The number of amides is 1. The van der Waals surface area contributed by atoms with Gasteiger partial charge in [-0.25, -0.2) is 15.0 Å². The van der Waals surface area contributed by atoms with Crippen LogP contribution in [0, 0.1) is 6.92 Å². The Hall–Kier alpha value is -2.12. The number of nitrogens with one attached hydrogen (secondary N) is 2. The first kappa shape index (κ1) is 15.8. The van der Waals surface area contributed by atoms with Crippen LogP contribution < -0.4 is 5.32 Å². The first-order valence-electron chi connectivity index (χ1n) is 6.92. The lowest BCUT2D eigenvalue weighted by Gasteiger charge is -2.12. The van der Waals surface area contributed by atoms with E-state index in [0.29, 0.717) is 21.4 Å². The van der Waals surface area contributed by atoms with Crippen LogP contribution in [0.1, 0.15) is 12.5 Å². The molecule has 0 fully saturated rings. The highest BCUT2D eigenvalue weighted by molar-refractivity contribution is 8.00. The summed E-state index contributed by atoms with van der Waals surface area (Å²) >= 11 is 7.42. The Morgan fingerprint density at radius 2 is 2.17 bits per heavy atom. The van der Waals surface area contributed by atoms with Gasteiger partial charge < -0.3 is 10.3 Å². The summed E-state index contributed by atoms with van der Waals surface area (Å²) in [7, 11) is 0. The molecule has 0 saturated heterocycles. The molecule has 6 nitrogen and oxygen atoms in total. The molecule has 0 bridgehead atoms. The van der Waals surface area contributed by atoms with E-state index in [-0.39, 0.29) is 11.2 Å². The van der Waals surface area contributed by atoms with Crippen molar-refractivity contribution in [3.8, 4) is 0 Å². The third-order valence-electron chi connectivity index (χ3n) is 3.29. The van der Waals surface area contributed by atoms with Gasteiger partial charge in [0.2, 0.25) is 5.91 Å². The van der Waals surface area contributed by atoms with Crippen LogP contribution in [0.2, 0.25) is 5.02 Å². The maximum atomic E-state index is 12.3. The zero-order valence-electron chi connectivity index (χ0n) is 12.5. The number of benzene rings is 1. The maximum Gasteiger partial charge on any atom is 0.237 e. The molecule has 1 amide bonds. The Labute approximate surface area is 142 Å². The SMILES string of the molecule is Cc1ccc(NC(=O)[C@@H](C)Sc2ncnc3nc[nH]c23)cc1Cl. The predicted molar refractivity (Wildman–Crippen MR) is 91.8 cm³/mol. The molecule has 2 N–H and O–H groups in total. The zero-order valence-corrected chi connectivity index (χ0v) is 14.1. The number of imidazole rings is 1. The number of hydrogen-bond donors (Lipinski definition) is 2. The number of aromatic amines is 1. The van der Waals surface area contributed by atoms with Crippen LogP contribution >= 0.6 is 23.4 Å². The van der Waals surface area contributed by atoms with E-state index < -0.39 is 0 Å². The molecule has 1 atom stereocenters. The van der Waals surface area contributed by atoms with Crippen LogP contribution in [-0.2, 0) is 4.79 Å². The Morgan fingerprint density at radius 1 is 1.35 bits per heavy atom. The number of aryl methyl sites for hydroxylation is 1. The fraction of sp³-hybridized carbons (Fsp3) is 0.200. The minimum Gasteiger partial charge on any atom is -0.341 e. The number of halogens is 1. The van der Waals surface area contributed by atoms with Gasteiger partial charge in [0.05, 0.1) is 11.6 Å². The quantitative estimate of drug-likeness (QED) is 0.558. The number of fused-ring (bicyclic) bond motifs is 1. The molecule has 0 aliphatic carbocycles. The Bertz CT molecular complexity index is 866. The van der Waals surface area contributed by atoms with Gasteiger partial charge in [-0.05, 0) is 31.5 Å². The summed E-state index contributed by atoms with van der Waals surface area (Å²) in [5.41, 5.74) is 2.96. The molecular formula is C15H14ClN5OS. The lowest BCUT2D eigenvalue weighted by molar-refractivity contribution is -0.115. The first-order valence-corrected chi connectivity index (χ1v) is 8.18. The zero-order chi connectivity index (χ0) is 16.4. The van der Waals surface area contributed by atoms with Gasteiger partial charge in [0, 0.05) is 10.7 Å². The molecule has 3 aromatic rings. The topological polar surface area (TPSA) is 83.6 Å². The maximum absolute atomic E-state index is 12.3. The lowest BCUT2D eigenvalue weighted by Crippen LogP contribution is -2.22. The van der Waals surface area contributed by atoms with Crippen molar-refractivity contribution in [2.45, 2.75) is 24.1 Å². The van der Waals surface area contributed by atoms with Crippen LogP contribution in [-0.4, -0.2) is 31.1 Å². The van der Waals surface area contributed by atoms with Crippen molar-refractivity contribution in [3.63, 3.8) is 0 Å². The van der Waals surface area contributed by atoms with Crippen molar-refractivity contribution in [1.82, 2.24) is 19.9 Å². The Balaban J connectivity index is 1.72. The van der Waals surface area contributed by atoms with Gasteiger partial charge in [-0.3, -0.25) is 4.79 Å². The van der Waals surface area contributed by atoms with E-state index in [4.69, 9.17) is 11.6 Å². The van der Waals surface area contributed by atoms with Gasteiger partial charge in [-0.2, -0.15) is 0 Å². The van der Waals surface area contributed by atoms with E-state index in [1.165, 1.54) is 18.1 Å². The molecule has 8 heteroatoms. The standard InChI is InChI=1S/C15H14ClN5OS/c1-8-3-4-10(5-11(8)16)21-14(22)9(2)23-15-12-13(18-6-17-12)19-7-20-15/h3-7,9H,1-2H3,(H,21,22)(H,17,18,19,20)/t9-/m1/s1. The van der Waals surface area contributed by atoms with Gasteiger partial charge >= 0.3 is 0 Å². The van der Waals surface area contributed by atoms with Crippen LogP contribution in [0.3, 0.4) is 0 Å². The highest BCUT2D eigenvalue weighted by Gasteiger charge is 2.18. The monoisotopic (exact) mass is 347 g/mol. The van der Waals surface area contributed by atoms with Crippen molar-refractivity contribution in [1.29, 1.82) is 0 Å². The molecule has 2 aromatic heterocycles. The van der Waals surface area contributed by atoms with E-state index in [0.717, 1.165) is 11.1 Å². The molecule has 0 radical (unpaired) electrons. The number of carbonyl (C=O) groups is 1. The van der Waals surface area contributed by atoms with Crippen molar-refractivity contribution < 1.29 is 4.79 Å². The van der Waals surface area contributed by atoms with Crippen LogP contribution in [0.4, 0.5) is 5.69 Å². The average Bonchev–Trinajstić information content (AvgIpc) is 3.00. The summed E-state index contributed by atoms with van der Waals surface area (Å²) in [5, 5.41) is 3.84. The summed E-state index contributed by atoms with van der Waals surface area (Å²) in [6, 6.07) is 5.44. The van der Waals surface area contributed by atoms with Crippen molar-refractivity contribution in [2.75, 3.05) is 5.32 Å². The Kier molecular flexibility index (Phi) is 4.49. The first-order chi connectivity index (χ1) is 11.0. The van der Waals surface area contributed by atoms with E-state index in [1.807, 2.05) is 26.0 Å². The summed E-state index contributed by atoms with van der Waals surface area (Å²) in [6.07, 6.45) is 3.00. The number of hydrogen-bond acceptors (Lipinski definition) is 5. The minimum atomic E-state index is -0.337. The molecule has 0 spiro atoms. The molecule has 0 aliphatic rings. The molecule has 118 valence electrons. The summed E-state index contributed by atoms with van der Waals surface area (Å²) in [5.74, 6) is -0.124. The van der Waals surface area contributed by atoms with E-state index in [1.54, 1.807) is 12.4 Å². The number of carbonyl (C=O) groups excluding carboxylic acids is 1. The highest BCUT2D eigenvalue weighted by atomic mass is 35.5. The van der Waals surface area contributed by atoms with Crippen molar-refractivity contribution >= 4 is 46.1 Å². The summed E-state index contributed by atoms with van der Waals surface area (Å²) < 4.78 is 0. The van der Waals surface area contributed by atoms with Crippen LogP contribution in [0.5, 0.6) is 0 Å². The molecule has 3 rings (SSSR count). The normalized spacial score (nSPS) is 12.3. The second-order valence-corrected chi connectivity index (χ2v) is 6.73. The fourth-order valence-electron chi connectivity index (χ4n) is 1.97. The van der Waals surface area contributed by atoms with E-state index in [9.17, 15) is 4.79 Å². The van der Waals surface area contributed by atoms with Gasteiger partial charge in [0.1, 0.15) is 16.9 Å². The minimum absolute atomic E-state index is 0.124. The molecule has 2 heterocycles. The van der Waals surface area contributed by atoms with E-state index in [2.05, 4.69) is 25.3 Å². The lowest BCUT2D eigenvalue weighted by atomic mass is 10.2. The summed E-state index contributed by atoms with van der Waals surface area (Å²) in [6.45, 7) is 3.73. The molecule has 0 aliphatic heterocycles. The summed E-state index contributed by atoms with van der Waals surface area (Å²) in [4.78, 5) is 27.7. The number of aromatic nitrogens is 4. The third kappa shape index (κ3) is 3.46. The fourth-order valence-corrected chi connectivity index (χ4v) is 3.03. The number of H-pyrrole nitrogens is 1. The second-order valence-electron chi connectivity index (χ2n) is 4.99. The predicted octanol–water partition coefficient (Wildman–Crippen LogP) is 3.43. The second kappa shape index (κ2) is 6.55. The molecule has 0 saturated carbocycles. The van der Waals surface area contributed by atoms with Crippen molar-refractivity contribution in [2.24, 2.45) is 0 Å². The van der Waals surface area contributed by atoms with Crippen molar-refractivity contribution in [3.05, 3.63) is 41.4 Å². The highest BCUT2D eigenvalue weighted by Crippen LogP contribution is 2.27. The number of rotatable bonds is 4. The van der Waals surface area contributed by atoms with Gasteiger partial charge in [0.15, 0.2) is 5.65 Å². The van der Waals surface area contributed by atoms with E-state index >= 15 is 0 Å². The third-order valence-corrected chi connectivity index (χ3v) is 4.79. The molecule has 1 aromatic carbocycles. The number of anilines is 1. The molecular weight excluding hydrogens is 334 g/mol. The largest absolute Gasteiger partial charge is 0.341 e. The van der Waals surface area contributed by atoms with Gasteiger partial charge in [-0.1, -0.05) is 29.4 Å². The van der Waals surface area contributed by atoms with Gasteiger partial charge in [-0.15, -0.1) is 0 Å². The molecule has 23 heavy (non-hydrogen) atoms. The smallest absolute Gasteiger partial charge is 0.237 e. The molecule has 0 unspecified atom stereocenters. The average molecular weight is 348 g/mol. The number of thioether (sulfide) groups is 1.